The van der Waals surface area contributed by atoms with Crippen LogP contribution in [0.3, 0.4) is 0 Å². The van der Waals surface area contributed by atoms with Crippen LogP contribution in [-0.4, -0.2) is 50.5 Å². The lowest BCUT2D eigenvalue weighted by Crippen LogP contribution is -2.51. The number of ether oxygens (including phenoxy) is 1. The Kier molecular flexibility index (Phi) is 3.84. The lowest BCUT2D eigenvalue weighted by atomic mass is 10.3. The van der Waals surface area contributed by atoms with E-state index in [4.69, 9.17) is 4.74 Å². The van der Waals surface area contributed by atoms with E-state index < -0.39 is 10.0 Å². The zero-order valence-corrected chi connectivity index (χ0v) is 11.3. The van der Waals surface area contributed by atoms with Gasteiger partial charge in [-0.15, -0.1) is 0 Å². The van der Waals surface area contributed by atoms with Crippen molar-refractivity contribution in [3.8, 4) is 5.88 Å². The lowest BCUT2D eigenvalue weighted by Gasteiger charge is -2.30. The van der Waals surface area contributed by atoms with Crippen LogP contribution in [0.4, 0.5) is 0 Å². The molecule has 0 amide bonds. The highest BCUT2D eigenvalue weighted by molar-refractivity contribution is 7.89. The Morgan fingerprint density at radius 1 is 1.50 bits per heavy atom. The fourth-order valence-electron chi connectivity index (χ4n) is 1.90. The van der Waals surface area contributed by atoms with Crippen molar-refractivity contribution in [2.24, 2.45) is 0 Å². The summed E-state index contributed by atoms with van der Waals surface area (Å²) in [4.78, 5) is 4.14. The van der Waals surface area contributed by atoms with Crippen LogP contribution in [0.15, 0.2) is 23.2 Å². The van der Waals surface area contributed by atoms with Crippen LogP contribution in [0.5, 0.6) is 5.88 Å². The molecule has 0 aliphatic carbocycles. The van der Waals surface area contributed by atoms with Crippen LogP contribution >= 0.6 is 0 Å². The lowest BCUT2D eigenvalue weighted by molar-refractivity contribution is 0.310. The van der Waals surface area contributed by atoms with Crippen LogP contribution in [-0.2, 0) is 10.0 Å². The Morgan fingerprint density at radius 3 is 2.83 bits per heavy atom. The van der Waals surface area contributed by atoms with Crippen LogP contribution < -0.4 is 10.1 Å². The summed E-state index contributed by atoms with van der Waals surface area (Å²) in [6.07, 6.45) is 1.33. The van der Waals surface area contributed by atoms with Gasteiger partial charge >= 0.3 is 0 Å². The molecule has 18 heavy (non-hydrogen) atoms. The third-order valence-electron chi connectivity index (χ3n) is 2.89. The molecule has 0 saturated carbocycles. The molecule has 1 fully saturated rings. The first-order chi connectivity index (χ1) is 8.54. The molecule has 7 heteroatoms. The third-order valence-corrected chi connectivity index (χ3v) is 4.74. The van der Waals surface area contributed by atoms with Gasteiger partial charge in [0.2, 0.25) is 15.9 Å². The fraction of sp³-hybridized carbons (Fsp3) is 0.545. The Morgan fingerprint density at radius 2 is 2.28 bits per heavy atom. The predicted molar refractivity (Wildman–Crippen MR) is 67.0 cm³/mol. The maximum Gasteiger partial charge on any atom is 0.244 e. The molecular weight excluding hydrogens is 254 g/mol. The number of nitrogens with zero attached hydrogens (tertiary/aromatic N) is 2. The molecule has 1 aliphatic rings. The van der Waals surface area contributed by atoms with E-state index in [1.807, 2.05) is 6.92 Å². The van der Waals surface area contributed by atoms with E-state index in [2.05, 4.69) is 10.3 Å². The van der Waals surface area contributed by atoms with Gasteiger partial charge in [0.05, 0.1) is 13.3 Å². The highest BCUT2D eigenvalue weighted by Gasteiger charge is 2.28. The van der Waals surface area contributed by atoms with Gasteiger partial charge in [-0.2, -0.15) is 4.31 Å². The van der Waals surface area contributed by atoms with E-state index in [-0.39, 0.29) is 10.9 Å². The van der Waals surface area contributed by atoms with Gasteiger partial charge in [-0.3, -0.25) is 0 Å². The van der Waals surface area contributed by atoms with Crippen molar-refractivity contribution in [1.29, 1.82) is 0 Å². The first-order valence-electron chi connectivity index (χ1n) is 5.77. The van der Waals surface area contributed by atoms with E-state index in [1.165, 1.54) is 23.7 Å². The standard InChI is InChI=1S/C11H17N3O3S/c1-9-8-14(6-5-12-9)18(15,16)10-3-4-11(17-2)13-7-10/h3-4,7,9,12H,5-6,8H2,1-2H3/t9-/m1/s1. The summed E-state index contributed by atoms with van der Waals surface area (Å²) in [6.45, 7) is 3.60. The van der Waals surface area contributed by atoms with E-state index in [1.54, 1.807) is 6.07 Å². The maximum atomic E-state index is 12.3. The van der Waals surface area contributed by atoms with E-state index in [0.29, 0.717) is 25.5 Å². The molecular formula is C11H17N3O3S. The van der Waals surface area contributed by atoms with Gasteiger partial charge in [0.1, 0.15) is 4.90 Å². The van der Waals surface area contributed by atoms with Crippen molar-refractivity contribution in [1.82, 2.24) is 14.6 Å². The van der Waals surface area contributed by atoms with Crippen LogP contribution in [0.2, 0.25) is 0 Å². The first-order valence-corrected chi connectivity index (χ1v) is 7.21. The van der Waals surface area contributed by atoms with Crippen molar-refractivity contribution < 1.29 is 13.2 Å². The summed E-state index contributed by atoms with van der Waals surface area (Å²) < 4.78 is 31.1. The van der Waals surface area contributed by atoms with E-state index in [9.17, 15) is 8.42 Å². The number of nitrogens with one attached hydrogen (secondary N) is 1. The van der Waals surface area contributed by atoms with Gasteiger partial charge in [-0.25, -0.2) is 13.4 Å². The van der Waals surface area contributed by atoms with Gasteiger partial charge in [-0.05, 0) is 13.0 Å². The second-order valence-electron chi connectivity index (χ2n) is 4.25. The van der Waals surface area contributed by atoms with Crippen molar-refractivity contribution >= 4 is 10.0 Å². The third kappa shape index (κ3) is 2.63. The number of pyridine rings is 1. The minimum atomic E-state index is -3.44. The topological polar surface area (TPSA) is 71.5 Å². The second-order valence-corrected chi connectivity index (χ2v) is 6.19. The van der Waals surface area contributed by atoms with Crippen LogP contribution in [0.1, 0.15) is 6.92 Å². The maximum absolute atomic E-state index is 12.3. The summed E-state index contributed by atoms with van der Waals surface area (Å²) in [6, 6.07) is 3.24. The molecule has 1 aromatic heterocycles. The summed E-state index contributed by atoms with van der Waals surface area (Å²) in [5, 5.41) is 3.21. The summed E-state index contributed by atoms with van der Waals surface area (Å²) in [5.74, 6) is 0.405. The molecule has 0 unspecified atom stereocenters. The minimum absolute atomic E-state index is 0.166. The molecule has 2 heterocycles. The summed E-state index contributed by atoms with van der Waals surface area (Å²) >= 11 is 0. The Balaban J connectivity index is 2.23. The number of aromatic nitrogens is 1. The zero-order chi connectivity index (χ0) is 13.2. The van der Waals surface area contributed by atoms with Crippen LogP contribution in [0, 0.1) is 0 Å². The Hall–Kier alpha value is -1.18. The minimum Gasteiger partial charge on any atom is -0.481 e. The molecule has 2 rings (SSSR count). The Bertz CT molecular complexity index is 501. The molecule has 0 bridgehead atoms. The van der Waals surface area contributed by atoms with Gasteiger partial charge in [0, 0.05) is 31.7 Å². The quantitative estimate of drug-likeness (QED) is 0.842. The monoisotopic (exact) mass is 271 g/mol. The summed E-state index contributed by atoms with van der Waals surface area (Å²) in [5.41, 5.74) is 0. The van der Waals surface area contributed by atoms with Crippen molar-refractivity contribution in [2.75, 3.05) is 26.7 Å². The normalized spacial score (nSPS) is 21.8. The Labute approximate surface area is 107 Å². The van der Waals surface area contributed by atoms with Gasteiger partial charge in [0.25, 0.3) is 0 Å². The number of piperazine rings is 1. The van der Waals surface area contributed by atoms with Gasteiger partial charge in [0.15, 0.2) is 0 Å². The molecule has 1 atom stereocenters. The molecule has 1 aromatic rings. The highest BCUT2D eigenvalue weighted by atomic mass is 32.2. The molecule has 100 valence electrons. The zero-order valence-electron chi connectivity index (χ0n) is 10.5. The fourth-order valence-corrected chi connectivity index (χ4v) is 3.38. The average molecular weight is 271 g/mol. The number of rotatable bonds is 3. The highest BCUT2D eigenvalue weighted by Crippen LogP contribution is 2.18. The van der Waals surface area contributed by atoms with Crippen LogP contribution in [0.25, 0.3) is 0 Å². The molecule has 0 aromatic carbocycles. The SMILES string of the molecule is COc1ccc(S(=O)(=O)N2CCN[C@H](C)C2)cn1. The predicted octanol–water partition coefficient (Wildman–Crippen LogP) is 0.0726. The molecule has 0 radical (unpaired) electrons. The van der Waals surface area contributed by atoms with E-state index >= 15 is 0 Å². The van der Waals surface area contributed by atoms with Gasteiger partial charge in [-0.1, -0.05) is 0 Å². The number of methoxy groups -OCH3 is 1. The molecule has 1 aliphatic heterocycles. The van der Waals surface area contributed by atoms with Crippen molar-refractivity contribution in [3.63, 3.8) is 0 Å². The molecule has 1 saturated heterocycles. The molecule has 6 nitrogen and oxygen atoms in total. The summed E-state index contributed by atoms with van der Waals surface area (Å²) in [7, 11) is -1.95. The molecule has 0 spiro atoms. The first kappa shape index (κ1) is 13.3. The second kappa shape index (κ2) is 5.21. The average Bonchev–Trinajstić information content (AvgIpc) is 2.39. The van der Waals surface area contributed by atoms with Gasteiger partial charge < -0.3 is 10.1 Å². The molecule has 1 N–H and O–H groups in total. The number of sulfonamides is 1. The smallest absolute Gasteiger partial charge is 0.244 e. The van der Waals surface area contributed by atoms with E-state index in [0.717, 1.165) is 0 Å². The number of hydrogen-bond acceptors (Lipinski definition) is 5. The largest absolute Gasteiger partial charge is 0.481 e. The van der Waals surface area contributed by atoms with Crippen molar-refractivity contribution in [3.05, 3.63) is 18.3 Å². The number of hydrogen-bond donors (Lipinski definition) is 1. The van der Waals surface area contributed by atoms with Crippen molar-refractivity contribution in [2.45, 2.75) is 17.9 Å².